The molecule has 0 bridgehead atoms. The van der Waals surface area contributed by atoms with Crippen molar-refractivity contribution in [3.05, 3.63) is 71.2 Å². The molecule has 1 heterocycles. The van der Waals surface area contributed by atoms with Crippen molar-refractivity contribution in [2.24, 2.45) is 0 Å². The van der Waals surface area contributed by atoms with Crippen LogP contribution in [-0.2, 0) is 0 Å². The normalized spacial score (nSPS) is 12.0. The van der Waals surface area contributed by atoms with Gasteiger partial charge in [-0.15, -0.1) is 0 Å². The summed E-state index contributed by atoms with van der Waals surface area (Å²) in [5, 5.41) is 4.23. The van der Waals surface area contributed by atoms with Gasteiger partial charge in [0.15, 0.2) is 0 Å². The molecule has 0 radical (unpaired) electrons. The maximum atomic E-state index is 7.48. The SMILES string of the molecule is [C-]#[N+]c1c[nH]c2cc(OC)cc(C(CCNC)c3ccccc3)c12. The molecule has 1 atom stereocenters. The molecule has 0 spiro atoms. The van der Waals surface area contributed by atoms with Crippen LogP contribution >= 0.6 is 0 Å². The molecule has 3 aromatic rings. The van der Waals surface area contributed by atoms with Crippen molar-refractivity contribution in [3.63, 3.8) is 0 Å². The number of H-pyrrole nitrogens is 1. The molecule has 1 unspecified atom stereocenters. The van der Waals surface area contributed by atoms with Gasteiger partial charge in [0.2, 0.25) is 5.69 Å². The number of aromatic amines is 1. The fourth-order valence-corrected chi connectivity index (χ4v) is 3.21. The number of methoxy groups -OCH3 is 1. The Hall–Kier alpha value is -2.77. The average Bonchev–Trinajstić information content (AvgIpc) is 3.05. The van der Waals surface area contributed by atoms with Crippen LogP contribution in [-0.4, -0.2) is 25.7 Å². The van der Waals surface area contributed by atoms with Gasteiger partial charge in [-0.25, -0.2) is 4.85 Å². The lowest BCUT2D eigenvalue weighted by Gasteiger charge is -2.20. The van der Waals surface area contributed by atoms with Crippen molar-refractivity contribution >= 4 is 16.6 Å². The lowest BCUT2D eigenvalue weighted by atomic mass is 9.86. The minimum absolute atomic E-state index is 0.201. The Kier molecular flexibility index (Phi) is 4.83. The third-order valence-electron chi connectivity index (χ3n) is 4.38. The smallest absolute Gasteiger partial charge is 0.212 e. The number of nitrogens with zero attached hydrogens (tertiary/aromatic N) is 1. The second-order valence-electron chi connectivity index (χ2n) is 5.78. The van der Waals surface area contributed by atoms with E-state index in [0.717, 1.165) is 35.2 Å². The Balaban J connectivity index is 2.22. The number of fused-ring (bicyclic) bond motifs is 1. The van der Waals surface area contributed by atoms with E-state index in [9.17, 15) is 0 Å². The zero-order valence-corrected chi connectivity index (χ0v) is 14.0. The number of nitrogens with one attached hydrogen (secondary N) is 2. The van der Waals surface area contributed by atoms with Gasteiger partial charge in [-0.05, 0) is 37.2 Å². The number of hydrogen-bond acceptors (Lipinski definition) is 2. The van der Waals surface area contributed by atoms with Crippen LogP contribution in [0.1, 0.15) is 23.5 Å². The van der Waals surface area contributed by atoms with E-state index in [2.05, 4.69) is 45.5 Å². The molecular weight excluding hydrogens is 298 g/mol. The maximum absolute atomic E-state index is 7.48. The first-order valence-electron chi connectivity index (χ1n) is 8.04. The largest absolute Gasteiger partial charge is 0.497 e. The first-order valence-corrected chi connectivity index (χ1v) is 8.04. The number of aromatic nitrogens is 1. The molecular formula is C20H21N3O. The van der Waals surface area contributed by atoms with Crippen LogP contribution in [0.2, 0.25) is 0 Å². The third-order valence-corrected chi connectivity index (χ3v) is 4.38. The number of benzene rings is 2. The van der Waals surface area contributed by atoms with Gasteiger partial charge in [-0.1, -0.05) is 30.3 Å². The van der Waals surface area contributed by atoms with Crippen molar-refractivity contribution in [2.75, 3.05) is 20.7 Å². The van der Waals surface area contributed by atoms with Gasteiger partial charge in [-0.2, -0.15) is 0 Å². The highest BCUT2D eigenvalue weighted by atomic mass is 16.5. The molecule has 0 saturated carbocycles. The predicted octanol–water partition coefficient (Wildman–Crippen LogP) is 4.47. The van der Waals surface area contributed by atoms with E-state index in [-0.39, 0.29) is 5.92 Å². The lowest BCUT2D eigenvalue weighted by molar-refractivity contribution is 0.414. The summed E-state index contributed by atoms with van der Waals surface area (Å²) in [7, 11) is 3.64. The Labute approximate surface area is 142 Å². The van der Waals surface area contributed by atoms with E-state index in [1.165, 1.54) is 5.56 Å². The summed E-state index contributed by atoms with van der Waals surface area (Å²) in [5.74, 6) is 1.01. The monoisotopic (exact) mass is 319 g/mol. The lowest BCUT2D eigenvalue weighted by Crippen LogP contribution is -2.13. The second-order valence-corrected chi connectivity index (χ2v) is 5.78. The second kappa shape index (κ2) is 7.20. The molecule has 122 valence electrons. The summed E-state index contributed by atoms with van der Waals surface area (Å²) in [6.45, 7) is 8.38. The van der Waals surface area contributed by atoms with E-state index in [1.54, 1.807) is 13.3 Å². The highest BCUT2D eigenvalue weighted by Crippen LogP contribution is 2.40. The van der Waals surface area contributed by atoms with Gasteiger partial charge in [0.25, 0.3) is 0 Å². The van der Waals surface area contributed by atoms with Crippen molar-refractivity contribution in [3.8, 4) is 5.75 Å². The van der Waals surface area contributed by atoms with E-state index < -0.39 is 0 Å². The Morgan fingerprint density at radius 2 is 2.04 bits per heavy atom. The van der Waals surface area contributed by atoms with E-state index in [1.807, 2.05) is 19.2 Å². The molecule has 1 aromatic heterocycles. The van der Waals surface area contributed by atoms with Crippen LogP contribution in [0.15, 0.2) is 48.7 Å². The van der Waals surface area contributed by atoms with Crippen LogP contribution in [0.25, 0.3) is 15.7 Å². The third kappa shape index (κ3) is 2.99. The van der Waals surface area contributed by atoms with E-state index >= 15 is 0 Å². The average molecular weight is 319 g/mol. The highest BCUT2D eigenvalue weighted by Gasteiger charge is 2.20. The maximum Gasteiger partial charge on any atom is 0.212 e. The summed E-state index contributed by atoms with van der Waals surface area (Å²) in [6.07, 6.45) is 2.73. The summed E-state index contributed by atoms with van der Waals surface area (Å²) >= 11 is 0. The minimum atomic E-state index is 0.201. The fourth-order valence-electron chi connectivity index (χ4n) is 3.21. The van der Waals surface area contributed by atoms with Gasteiger partial charge >= 0.3 is 0 Å². The summed E-state index contributed by atoms with van der Waals surface area (Å²) in [5.41, 5.74) is 3.99. The molecule has 24 heavy (non-hydrogen) atoms. The summed E-state index contributed by atoms with van der Waals surface area (Å²) < 4.78 is 5.48. The van der Waals surface area contributed by atoms with Crippen molar-refractivity contribution in [1.82, 2.24) is 10.3 Å². The van der Waals surface area contributed by atoms with Crippen LogP contribution in [0.5, 0.6) is 5.75 Å². The number of ether oxygens (including phenoxy) is 1. The standard InChI is InChI=1S/C20H21N3O/c1-21-10-9-16(14-7-5-4-6-8-14)17-11-15(24-3)12-18-20(17)19(22-2)13-23-18/h4-8,11-13,16,21,23H,9-10H2,1,3H3. The van der Waals surface area contributed by atoms with Crippen molar-refractivity contribution in [1.29, 1.82) is 0 Å². The van der Waals surface area contributed by atoms with Crippen LogP contribution in [0, 0.1) is 6.57 Å². The Bertz CT molecular complexity index is 862. The first kappa shape index (κ1) is 16.1. The molecule has 2 N–H and O–H groups in total. The van der Waals surface area contributed by atoms with Crippen molar-refractivity contribution < 1.29 is 4.74 Å². The molecule has 0 amide bonds. The molecule has 0 aliphatic carbocycles. The zero-order chi connectivity index (χ0) is 16.9. The topological polar surface area (TPSA) is 41.4 Å². The molecule has 3 rings (SSSR count). The zero-order valence-electron chi connectivity index (χ0n) is 14.0. The van der Waals surface area contributed by atoms with Gasteiger partial charge in [0.05, 0.1) is 13.7 Å². The quantitative estimate of drug-likeness (QED) is 0.658. The number of hydrogen-bond donors (Lipinski definition) is 2. The van der Waals surface area contributed by atoms with E-state index in [0.29, 0.717) is 5.69 Å². The van der Waals surface area contributed by atoms with Gasteiger partial charge in [0.1, 0.15) is 5.75 Å². The first-order chi connectivity index (χ1) is 11.8. The molecule has 4 heteroatoms. The number of rotatable bonds is 6. The van der Waals surface area contributed by atoms with E-state index in [4.69, 9.17) is 11.3 Å². The molecule has 0 aliphatic rings. The molecule has 2 aromatic carbocycles. The molecule has 0 aliphatic heterocycles. The minimum Gasteiger partial charge on any atom is -0.497 e. The molecule has 4 nitrogen and oxygen atoms in total. The van der Waals surface area contributed by atoms with Crippen molar-refractivity contribution in [2.45, 2.75) is 12.3 Å². The Morgan fingerprint density at radius 1 is 1.25 bits per heavy atom. The molecule has 0 fully saturated rings. The van der Waals surface area contributed by atoms with Crippen LogP contribution in [0.3, 0.4) is 0 Å². The Morgan fingerprint density at radius 3 is 2.71 bits per heavy atom. The summed E-state index contributed by atoms with van der Waals surface area (Å²) in [6, 6.07) is 14.5. The van der Waals surface area contributed by atoms with Gasteiger partial charge in [0, 0.05) is 29.1 Å². The van der Waals surface area contributed by atoms with Crippen LogP contribution < -0.4 is 10.1 Å². The summed E-state index contributed by atoms with van der Waals surface area (Å²) in [4.78, 5) is 6.90. The fraction of sp³-hybridized carbons (Fsp3) is 0.250. The van der Waals surface area contributed by atoms with Crippen LogP contribution in [0.4, 0.5) is 5.69 Å². The molecule has 0 saturated heterocycles. The highest BCUT2D eigenvalue weighted by molar-refractivity contribution is 5.97. The predicted molar refractivity (Wildman–Crippen MR) is 97.9 cm³/mol. The van der Waals surface area contributed by atoms with Gasteiger partial charge in [-0.3, -0.25) is 0 Å². The van der Waals surface area contributed by atoms with Gasteiger partial charge < -0.3 is 15.0 Å².